The minimum atomic E-state index is -0.405. The number of benzene rings is 2. The summed E-state index contributed by atoms with van der Waals surface area (Å²) >= 11 is 5.88. The minimum absolute atomic E-state index is 0.0121. The van der Waals surface area contributed by atoms with Gasteiger partial charge in [0, 0.05) is 23.5 Å². The van der Waals surface area contributed by atoms with Gasteiger partial charge < -0.3 is 10.6 Å². The van der Waals surface area contributed by atoms with Crippen molar-refractivity contribution in [3.63, 3.8) is 0 Å². The fourth-order valence-electron chi connectivity index (χ4n) is 1.94. The first-order valence-corrected chi connectivity index (χ1v) is 7.51. The predicted octanol–water partition coefficient (Wildman–Crippen LogP) is 3.52. The van der Waals surface area contributed by atoms with Crippen molar-refractivity contribution in [2.24, 2.45) is 0 Å². The lowest BCUT2D eigenvalue weighted by atomic mass is 10.1. The van der Waals surface area contributed by atoms with E-state index in [0.29, 0.717) is 23.7 Å². The Kier molecular flexibility index (Phi) is 6.22. The summed E-state index contributed by atoms with van der Waals surface area (Å²) in [5.74, 6) is -0.405. The van der Waals surface area contributed by atoms with E-state index in [1.165, 1.54) is 6.20 Å². The van der Waals surface area contributed by atoms with Crippen LogP contribution in [-0.4, -0.2) is 12.5 Å². The van der Waals surface area contributed by atoms with E-state index in [2.05, 4.69) is 10.6 Å². The van der Waals surface area contributed by atoms with Crippen molar-refractivity contribution in [1.82, 2.24) is 5.32 Å². The van der Waals surface area contributed by atoms with Crippen molar-refractivity contribution in [1.29, 1.82) is 5.26 Å². The third kappa shape index (κ3) is 5.50. The van der Waals surface area contributed by atoms with Crippen molar-refractivity contribution in [2.45, 2.75) is 6.42 Å². The number of anilines is 1. The third-order valence-corrected chi connectivity index (χ3v) is 3.35. The van der Waals surface area contributed by atoms with E-state index in [4.69, 9.17) is 16.9 Å². The number of nitrogens with one attached hydrogen (secondary N) is 2. The van der Waals surface area contributed by atoms with Gasteiger partial charge >= 0.3 is 0 Å². The summed E-state index contributed by atoms with van der Waals surface area (Å²) in [4.78, 5) is 12.0. The fraction of sp³-hybridized carbons (Fsp3) is 0.111. The molecule has 0 saturated heterocycles. The highest BCUT2D eigenvalue weighted by Gasteiger charge is 2.08. The summed E-state index contributed by atoms with van der Waals surface area (Å²) in [5.41, 5.74) is 1.85. The molecule has 116 valence electrons. The first-order chi connectivity index (χ1) is 11.2. The zero-order valence-corrected chi connectivity index (χ0v) is 13.2. The van der Waals surface area contributed by atoms with Crippen LogP contribution in [0.1, 0.15) is 5.56 Å². The van der Waals surface area contributed by atoms with Crippen LogP contribution in [0.5, 0.6) is 0 Å². The fourth-order valence-corrected chi connectivity index (χ4v) is 2.13. The van der Waals surface area contributed by atoms with Crippen LogP contribution in [0.25, 0.3) is 0 Å². The van der Waals surface area contributed by atoms with Gasteiger partial charge in [0.15, 0.2) is 0 Å². The lowest BCUT2D eigenvalue weighted by molar-refractivity contribution is -0.117. The molecule has 0 aromatic heterocycles. The molecule has 2 rings (SSSR count). The Morgan fingerprint density at radius 3 is 2.65 bits per heavy atom. The van der Waals surface area contributed by atoms with E-state index in [1.54, 1.807) is 24.3 Å². The van der Waals surface area contributed by atoms with Crippen LogP contribution in [0.15, 0.2) is 66.4 Å². The van der Waals surface area contributed by atoms with Gasteiger partial charge in [0.25, 0.3) is 5.91 Å². The summed E-state index contributed by atoms with van der Waals surface area (Å²) in [7, 11) is 0. The second kappa shape index (κ2) is 8.62. The van der Waals surface area contributed by atoms with Crippen LogP contribution in [0, 0.1) is 11.3 Å². The molecule has 2 N–H and O–H groups in total. The summed E-state index contributed by atoms with van der Waals surface area (Å²) < 4.78 is 0. The number of nitrogens with zero attached hydrogens (tertiary/aromatic N) is 1. The van der Waals surface area contributed by atoms with Crippen molar-refractivity contribution >= 4 is 23.2 Å². The molecule has 0 fully saturated rings. The molecule has 0 heterocycles. The van der Waals surface area contributed by atoms with Crippen molar-refractivity contribution in [2.75, 3.05) is 11.9 Å². The Bertz CT molecular complexity index is 735. The minimum Gasteiger partial charge on any atom is -0.360 e. The summed E-state index contributed by atoms with van der Waals surface area (Å²) in [6.45, 7) is 0.471. The lowest BCUT2D eigenvalue weighted by Gasteiger charge is -2.05. The van der Waals surface area contributed by atoms with Crippen LogP contribution >= 0.6 is 11.6 Å². The molecule has 0 unspecified atom stereocenters. The third-order valence-electron chi connectivity index (χ3n) is 3.11. The monoisotopic (exact) mass is 325 g/mol. The second-order valence-electron chi connectivity index (χ2n) is 4.82. The maximum absolute atomic E-state index is 12.0. The highest BCUT2D eigenvalue weighted by Crippen LogP contribution is 2.15. The molecule has 0 aliphatic heterocycles. The molecule has 0 atom stereocenters. The van der Waals surface area contributed by atoms with Gasteiger partial charge in [-0.2, -0.15) is 5.26 Å². The topological polar surface area (TPSA) is 64.9 Å². The van der Waals surface area contributed by atoms with Gasteiger partial charge in [-0.3, -0.25) is 4.79 Å². The number of amides is 1. The Hall–Kier alpha value is -2.77. The van der Waals surface area contributed by atoms with Crippen LogP contribution in [0.3, 0.4) is 0 Å². The highest BCUT2D eigenvalue weighted by molar-refractivity contribution is 6.30. The number of hydrogen-bond donors (Lipinski definition) is 2. The van der Waals surface area contributed by atoms with Gasteiger partial charge in [0.2, 0.25) is 0 Å². The normalized spacial score (nSPS) is 10.7. The highest BCUT2D eigenvalue weighted by atomic mass is 35.5. The van der Waals surface area contributed by atoms with Crippen molar-refractivity contribution < 1.29 is 4.79 Å². The SMILES string of the molecule is N#C/C(=C/Nc1cccc(Cl)c1)C(=O)NCCc1ccccc1. The van der Waals surface area contributed by atoms with Crippen LogP contribution in [0.4, 0.5) is 5.69 Å². The molecule has 0 saturated carbocycles. The quantitative estimate of drug-likeness (QED) is 0.631. The predicted molar refractivity (Wildman–Crippen MR) is 91.9 cm³/mol. The Balaban J connectivity index is 1.88. The number of rotatable bonds is 6. The maximum Gasteiger partial charge on any atom is 0.263 e. The molecule has 5 heteroatoms. The average molecular weight is 326 g/mol. The van der Waals surface area contributed by atoms with E-state index in [1.807, 2.05) is 36.4 Å². The Morgan fingerprint density at radius 1 is 1.17 bits per heavy atom. The zero-order chi connectivity index (χ0) is 16.5. The van der Waals surface area contributed by atoms with Crippen molar-refractivity contribution in [3.8, 4) is 6.07 Å². The van der Waals surface area contributed by atoms with Crippen LogP contribution in [0.2, 0.25) is 5.02 Å². The molecular weight excluding hydrogens is 310 g/mol. The molecule has 2 aromatic rings. The molecule has 0 spiro atoms. The molecule has 1 amide bonds. The van der Waals surface area contributed by atoms with E-state index in [9.17, 15) is 4.79 Å². The van der Waals surface area contributed by atoms with Gasteiger partial charge in [-0.1, -0.05) is 48.0 Å². The molecular formula is C18H16ClN3O. The Morgan fingerprint density at radius 2 is 1.96 bits per heavy atom. The lowest BCUT2D eigenvalue weighted by Crippen LogP contribution is -2.27. The standard InChI is InChI=1S/C18H16ClN3O/c19-16-7-4-8-17(11-16)22-13-15(12-20)18(23)21-10-9-14-5-2-1-3-6-14/h1-8,11,13,22H,9-10H2,(H,21,23)/b15-13-. The van der Waals surface area contributed by atoms with Gasteiger partial charge in [-0.15, -0.1) is 0 Å². The van der Waals surface area contributed by atoms with E-state index >= 15 is 0 Å². The van der Waals surface area contributed by atoms with Gasteiger partial charge in [0.05, 0.1) is 0 Å². The first kappa shape index (κ1) is 16.6. The number of carbonyl (C=O) groups is 1. The number of carbonyl (C=O) groups excluding carboxylic acids is 1. The van der Waals surface area contributed by atoms with E-state index in [0.717, 1.165) is 5.56 Å². The zero-order valence-electron chi connectivity index (χ0n) is 12.4. The molecule has 2 aromatic carbocycles. The van der Waals surface area contributed by atoms with E-state index < -0.39 is 5.91 Å². The van der Waals surface area contributed by atoms with Gasteiger partial charge in [0.1, 0.15) is 11.6 Å². The number of halogens is 1. The largest absolute Gasteiger partial charge is 0.360 e. The molecule has 4 nitrogen and oxygen atoms in total. The summed E-state index contributed by atoms with van der Waals surface area (Å²) in [6, 6.07) is 18.8. The Labute approximate surface area is 140 Å². The first-order valence-electron chi connectivity index (χ1n) is 7.13. The average Bonchev–Trinajstić information content (AvgIpc) is 2.56. The maximum atomic E-state index is 12.0. The van der Waals surface area contributed by atoms with Crippen molar-refractivity contribution in [3.05, 3.63) is 77.0 Å². The molecule has 0 aliphatic carbocycles. The molecule has 0 aliphatic rings. The van der Waals surface area contributed by atoms with Gasteiger partial charge in [-0.25, -0.2) is 0 Å². The number of hydrogen-bond acceptors (Lipinski definition) is 3. The number of nitriles is 1. The van der Waals surface area contributed by atoms with Gasteiger partial charge in [-0.05, 0) is 30.2 Å². The summed E-state index contributed by atoms with van der Waals surface area (Å²) in [5, 5.41) is 15.3. The second-order valence-corrected chi connectivity index (χ2v) is 5.25. The smallest absolute Gasteiger partial charge is 0.263 e. The van der Waals surface area contributed by atoms with Crippen LogP contribution < -0.4 is 10.6 Å². The summed E-state index contributed by atoms with van der Waals surface area (Å²) in [6.07, 6.45) is 2.09. The van der Waals surface area contributed by atoms with Crippen LogP contribution in [-0.2, 0) is 11.2 Å². The molecule has 0 radical (unpaired) electrons. The molecule has 23 heavy (non-hydrogen) atoms. The molecule has 0 bridgehead atoms. The van der Waals surface area contributed by atoms with E-state index in [-0.39, 0.29) is 5.57 Å².